The maximum Gasteiger partial charge on any atom is 0.228 e. The average molecular weight is 475 g/mol. The van der Waals surface area contributed by atoms with Crippen molar-refractivity contribution in [2.45, 2.75) is 6.42 Å². The fourth-order valence-electron chi connectivity index (χ4n) is 3.50. The lowest BCUT2D eigenvalue weighted by Gasteiger charge is -2.17. The lowest BCUT2D eigenvalue weighted by atomic mass is 10.1. The number of nitrogens with zero attached hydrogens (tertiary/aromatic N) is 1. The van der Waals surface area contributed by atoms with Crippen molar-refractivity contribution in [3.8, 4) is 11.5 Å². The molecule has 182 valence electrons. The first-order valence-electron chi connectivity index (χ1n) is 11.2. The zero-order valence-corrected chi connectivity index (χ0v) is 20.2. The fourth-order valence-corrected chi connectivity index (χ4v) is 3.50. The number of aliphatic hydroxyl groups excluding tert-OH is 1. The van der Waals surface area contributed by atoms with Gasteiger partial charge in [0.05, 0.1) is 27.2 Å². The second-order valence-corrected chi connectivity index (χ2v) is 7.91. The van der Waals surface area contributed by atoms with Crippen molar-refractivity contribution in [2.75, 3.05) is 44.6 Å². The highest BCUT2D eigenvalue weighted by Crippen LogP contribution is 2.25. The molecule has 0 aromatic heterocycles. The van der Waals surface area contributed by atoms with Gasteiger partial charge in [-0.3, -0.25) is 9.59 Å². The van der Waals surface area contributed by atoms with Crippen molar-refractivity contribution < 1.29 is 24.2 Å². The summed E-state index contributed by atoms with van der Waals surface area (Å²) in [5.74, 6) is 0.920. The molecular weight excluding hydrogens is 444 g/mol. The van der Waals surface area contributed by atoms with Crippen LogP contribution in [-0.4, -0.2) is 51.2 Å². The van der Waals surface area contributed by atoms with E-state index in [0.717, 1.165) is 11.3 Å². The molecule has 7 nitrogen and oxygen atoms in total. The maximum atomic E-state index is 12.5. The SMILES string of the molecule is COc1ccc(OC)c(CC(=O)Nc2ccc(C(=O)/C=C/c3ccc(N(C)CCO)cc3)cc2)c1. The van der Waals surface area contributed by atoms with Crippen molar-refractivity contribution in [3.05, 3.63) is 89.5 Å². The molecule has 3 rings (SSSR count). The van der Waals surface area contributed by atoms with Gasteiger partial charge < -0.3 is 24.8 Å². The van der Waals surface area contributed by atoms with Gasteiger partial charge in [-0.1, -0.05) is 18.2 Å². The standard InChI is InChI=1S/C28H30N2O5/c1-30(16-17-31)24-11-4-20(5-12-24)6-14-26(32)21-7-9-23(10-8-21)29-28(33)19-22-18-25(34-2)13-15-27(22)35-3/h4-15,18,31H,16-17,19H2,1-3H3,(H,29,33)/b14-6+. The predicted octanol–water partition coefficient (Wildman–Crippen LogP) is 4.21. The van der Waals surface area contributed by atoms with E-state index in [2.05, 4.69) is 5.32 Å². The molecule has 2 N–H and O–H groups in total. The number of likely N-dealkylation sites (N-methyl/N-ethyl adjacent to an activating group) is 1. The Morgan fingerprint density at radius 3 is 2.31 bits per heavy atom. The quantitative estimate of drug-likeness (QED) is 0.320. The highest BCUT2D eigenvalue weighted by molar-refractivity contribution is 6.07. The zero-order valence-electron chi connectivity index (χ0n) is 20.2. The number of aliphatic hydroxyl groups is 1. The van der Waals surface area contributed by atoms with Gasteiger partial charge in [0.1, 0.15) is 11.5 Å². The van der Waals surface area contributed by atoms with Crippen LogP contribution in [0.4, 0.5) is 11.4 Å². The van der Waals surface area contributed by atoms with Gasteiger partial charge in [0.2, 0.25) is 5.91 Å². The summed E-state index contributed by atoms with van der Waals surface area (Å²) >= 11 is 0. The topological polar surface area (TPSA) is 88.1 Å². The van der Waals surface area contributed by atoms with Crippen LogP contribution in [0.5, 0.6) is 11.5 Å². The number of allylic oxidation sites excluding steroid dienone is 1. The monoisotopic (exact) mass is 474 g/mol. The van der Waals surface area contributed by atoms with E-state index in [1.165, 1.54) is 6.08 Å². The van der Waals surface area contributed by atoms with Crippen LogP contribution in [0, 0.1) is 0 Å². The summed E-state index contributed by atoms with van der Waals surface area (Å²) in [6.07, 6.45) is 3.41. The normalized spacial score (nSPS) is 10.7. The molecule has 0 saturated heterocycles. The number of hydrogen-bond acceptors (Lipinski definition) is 6. The van der Waals surface area contributed by atoms with Crippen molar-refractivity contribution in [1.82, 2.24) is 0 Å². The molecule has 0 heterocycles. The van der Waals surface area contributed by atoms with Gasteiger partial charge >= 0.3 is 0 Å². The largest absolute Gasteiger partial charge is 0.497 e. The predicted molar refractivity (Wildman–Crippen MR) is 138 cm³/mol. The number of ether oxygens (including phenoxy) is 2. The summed E-state index contributed by atoms with van der Waals surface area (Å²) in [5, 5.41) is 11.9. The minimum Gasteiger partial charge on any atom is -0.497 e. The van der Waals surface area contributed by atoms with Gasteiger partial charge in [-0.2, -0.15) is 0 Å². The van der Waals surface area contributed by atoms with Crippen LogP contribution in [0.2, 0.25) is 0 Å². The number of anilines is 2. The molecule has 0 aliphatic heterocycles. The maximum absolute atomic E-state index is 12.5. The molecule has 7 heteroatoms. The molecule has 0 unspecified atom stereocenters. The van der Waals surface area contributed by atoms with E-state index in [1.54, 1.807) is 62.8 Å². The van der Waals surface area contributed by atoms with Gasteiger partial charge in [0, 0.05) is 36.1 Å². The number of hydrogen-bond donors (Lipinski definition) is 2. The molecule has 0 aliphatic rings. The third kappa shape index (κ3) is 7.19. The Bertz CT molecular complexity index is 1170. The summed E-state index contributed by atoms with van der Waals surface area (Å²) in [4.78, 5) is 27.0. The van der Waals surface area contributed by atoms with E-state index in [0.29, 0.717) is 34.9 Å². The van der Waals surface area contributed by atoms with E-state index in [4.69, 9.17) is 14.6 Å². The Morgan fingerprint density at radius 1 is 0.971 bits per heavy atom. The number of carbonyl (C=O) groups is 2. The van der Waals surface area contributed by atoms with Crippen LogP contribution in [0.1, 0.15) is 21.5 Å². The number of amides is 1. The second-order valence-electron chi connectivity index (χ2n) is 7.91. The molecule has 0 atom stereocenters. The van der Waals surface area contributed by atoms with Gasteiger partial charge in [-0.25, -0.2) is 0 Å². The van der Waals surface area contributed by atoms with Crippen molar-refractivity contribution >= 4 is 29.1 Å². The zero-order chi connectivity index (χ0) is 25.2. The van der Waals surface area contributed by atoms with Crippen molar-refractivity contribution in [3.63, 3.8) is 0 Å². The molecule has 3 aromatic carbocycles. The molecule has 0 spiro atoms. The van der Waals surface area contributed by atoms with Gasteiger partial charge in [0.15, 0.2) is 5.78 Å². The fraction of sp³-hybridized carbons (Fsp3) is 0.214. The van der Waals surface area contributed by atoms with Crippen molar-refractivity contribution in [1.29, 1.82) is 0 Å². The van der Waals surface area contributed by atoms with Crippen LogP contribution in [0.25, 0.3) is 6.08 Å². The van der Waals surface area contributed by atoms with Crippen LogP contribution in [0.15, 0.2) is 72.8 Å². The van der Waals surface area contributed by atoms with E-state index in [1.807, 2.05) is 36.2 Å². The van der Waals surface area contributed by atoms with Crippen LogP contribution < -0.4 is 19.7 Å². The van der Waals surface area contributed by atoms with Crippen LogP contribution in [-0.2, 0) is 11.2 Å². The third-order valence-electron chi connectivity index (χ3n) is 5.49. The minimum absolute atomic E-state index is 0.0894. The van der Waals surface area contributed by atoms with E-state index in [9.17, 15) is 9.59 Å². The Morgan fingerprint density at radius 2 is 1.69 bits per heavy atom. The number of rotatable bonds is 11. The Balaban J connectivity index is 1.58. The highest BCUT2D eigenvalue weighted by atomic mass is 16.5. The summed E-state index contributed by atoms with van der Waals surface area (Å²) in [6, 6.07) is 19.8. The van der Waals surface area contributed by atoms with Crippen LogP contribution >= 0.6 is 0 Å². The van der Waals surface area contributed by atoms with E-state index in [-0.39, 0.29) is 24.7 Å². The molecule has 0 fully saturated rings. The average Bonchev–Trinajstić information content (AvgIpc) is 2.88. The summed E-state index contributed by atoms with van der Waals surface area (Å²) in [6.45, 7) is 0.644. The number of methoxy groups -OCH3 is 2. The first-order chi connectivity index (χ1) is 16.9. The summed E-state index contributed by atoms with van der Waals surface area (Å²) in [7, 11) is 5.03. The second kappa shape index (κ2) is 12.4. The summed E-state index contributed by atoms with van der Waals surface area (Å²) in [5.41, 5.74) is 3.73. The molecular formula is C28H30N2O5. The van der Waals surface area contributed by atoms with E-state index < -0.39 is 0 Å². The lowest BCUT2D eigenvalue weighted by Crippen LogP contribution is -2.20. The first kappa shape index (κ1) is 25.5. The Hall–Kier alpha value is -4.10. The molecule has 35 heavy (non-hydrogen) atoms. The van der Waals surface area contributed by atoms with Gasteiger partial charge in [-0.15, -0.1) is 0 Å². The molecule has 1 amide bonds. The van der Waals surface area contributed by atoms with Gasteiger partial charge in [-0.05, 0) is 66.2 Å². The molecule has 0 saturated carbocycles. The molecule has 0 bridgehead atoms. The lowest BCUT2D eigenvalue weighted by molar-refractivity contribution is -0.115. The van der Waals surface area contributed by atoms with Crippen LogP contribution in [0.3, 0.4) is 0 Å². The number of benzene rings is 3. The number of nitrogens with one attached hydrogen (secondary N) is 1. The Labute approximate surface area is 205 Å². The van der Waals surface area contributed by atoms with Crippen molar-refractivity contribution in [2.24, 2.45) is 0 Å². The molecule has 0 aliphatic carbocycles. The van der Waals surface area contributed by atoms with Gasteiger partial charge in [0.25, 0.3) is 0 Å². The first-order valence-corrected chi connectivity index (χ1v) is 11.2. The number of ketones is 1. The highest BCUT2D eigenvalue weighted by Gasteiger charge is 2.11. The Kier molecular flexibility index (Phi) is 9.03. The summed E-state index contributed by atoms with van der Waals surface area (Å²) < 4.78 is 10.6. The number of carbonyl (C=O) groups excluding carboxylic acids is 2. The third-order valence-corrected chi connectivity index (χ3v) is 5.49. The molecule has 3 aromatic rings. The minimum atomic E-state index is -0.205. The van der Waals surface area contributed by atoms with E-state index >= 15 is 0 Å². The smallest absolute Gasteiger partial charge is 0.228 e. The molecule has 0 radical (unpaired) electrons.